The third kappa shape index (κ3) is 3.30. The molecule has 0 spiro atoms. The predicted octanol–water partition coefficient (Wildman–Crippen LogP) is 5.65. The second-order valence-electron chi connectivity index (χ2n) is 9.24. The fourth-order valence-corrected chi connectivity index (χ4v) is 6.47. The van der Waals surface area contributed by atoms with Crippen LogP contribution in [0.1, 0.15) is 76.3 Å². The summed E-state index contributed by atoms with van der Waals surface area (Å²) in [4.78, 5) is 2.42. The van der Waals surface area contributed by atoms with Crippen LogP contribution in [0.25, 0.3) is 0 Å². The van der Waals surface area contributed by atoms with Gasteiger partial charge in [-0.05, 0) is 98.0 Å². The van der Waals surface area contributed by atoms with Crippen molar-refractivity contribution in [1.29, 1.82) is 0 Å². The lowest BCUT2D eigenvalue weighted by Gasteiger charge is -2.49. The second-order valence-corrected chi connectivity index (χ2v) is 9.24. The van der Waals surface area contributed by atoms with Crippen molar-refractivity contribution < 1.29 is 4.74 Å². The molecular weight excluding hydrogens is 318 g/mol. The average Bonchev–Trinajstić information content (AvgIpc) is 3.06. The van der Waals surface area contributed by atoms with E-state index in [0.717, 1.165) is 49.7 Å². The summed E-state index contributed by atoms with van der Waals surface area (Å²) in [6.07, 6.45) is 9.95. The molecular formula is C24H37NO. The summed E-state index contributed by atoms with van der Waals surface area (Å²) >= 11 is 0. The van der Waals surface area contributed by atoms with Crippen LogP contribution in [-0.4, -0.2) is 31.1 Å². The Bertz CT molecular complexity index is 623. The topological polar surface area (TPSA) is 12.5 Å². The number of hydrogen-bond donors (Lipinski definition) is 0. The van der Waals surface area contributed by atoms with Crippen LogP contribution in [0.15, 0.2) is 18.2 Å². The van der Waals surface area contributed by atoms with E-state index in [0.29, 0.717) is 5.41 Å². The highest BCUT2D eigenvalue weighted by Crippen LogP contribution is 2.60. The maximum atomic E-state index is 6.09. The molecule has 0 unspecified atom stereocenters. The molecule has 1 aromatic rings. The molecule has 2 heteroatoms. The molecule has 2 saturated carbocycles. The number of nitrogens with zero attached hydrogens (tertiary/aromatic N) is 1. The Labute approximate surface area is 160 Å². The molecule has 0 N–H and O–H groups in total. The molecule has 4 atom stereocenters. The van der Waals surface area contributed by atoms with Crippen molar-refractivity contribution in [2.45, 2.75) is 71.6 Å². The van der Waals surface area contributed by atoms with Gasteiger partial charge in [0.2, 0.25) is 0 Å². The summed E-state index contributed by atoms with van der Waals surface area (Å²) in [6.45, 7) is 11.1. The minimum atomic E-state index is 0.659. The van der Waals surface area contributed by atoms with E-state index in [2.05, 4.69) is 43.9 Å². The molecule has 26 heavy (non-hydrogen) atoms. The number of rotatable bonds is 6. The highest BCUT2D eigenvalue weighted by atomic mass is 16.5. The Hall–Kier alpha value is -1.02. The number of fused-ring (bicyclic) bond motifs is 5. The summed E-state index contributed by atoms with van der Waals surface area (Å²) in [6, 6.07) is 7.01. The molecule has 1 aromatic carbocycles. The van der Waals surface area contributed by atoms with Crippen molar-refractivity contribution >= 4 is 0 Å². The minimum Gasteiger partial charge on any atom is -0.492 e. The van der Waals surface area contributed by atoms with Gasteiger partial charge in [-0.1, -0.05) is 33.3 Å². The molecule has 0 aliphatic heterocycles. The molecule has 144 valence electrons. The van der Waals surface area contributed by atoms with E-state index in [-0.39, 0.29) is 0 Å². The van der Waals surface area contributed by atoms with Gasteiger partial charge in [-0.3, -0.25) is 0 Å². The molecule has 0 bridgehead atoms. The van der Waals surface area contributed by atoms with E-state index in [9.17, 15) is 0 Å². The third-order valence-corrected chi connectivity index (χ3v) is 8.05. The van der Waals surface area contributed by atoms with E-state index in [1.807, 2.05) is 0 Å². The van der Waals surface area contributed by atoms with Crippen LogP contribution in [0.2, 0.25) is 0 Å². The van der Waals surface area contributed by atoms with Crippen molar-refractivity contribution in [1.82, 2.24) is 4.90 Å². The van der Waals surface area contributed by atoms with E-state index < -0.39 is 0 Å². The first-order valence-electron chi connectivity index (χ1n) is 11.1. The maximum Gasteiger partial charge on any atom is 0.119 e. The Morgan fingerprint density at radius 3 is 2.77 bits per heavy atom. The molecule has 0 heterocycles. The summed E-state index contributed by atoms with van der Waals surface area (Å²) in [5.41, 5.74) is 3.89. The smallest absolute Gasteiger partial charge is 0.119 e. The fraction of sp³-hybridized carbons (Fsp3) is 0.750. The minimum absolute atomic E-state index is 0.659. The molecule has 2 fully saturated rings. The summed E-state index contributed by atoms with van der Waals surface area (Å²) in [5.74, 6) is 3.83. The SMILES string of the molecule is CCN(CC)CCOc1ccc2c(c1)CC[C@@H]1[C@H]3CCC[C@]3(C)CC[C@@H]21. The highest BCUT2D eigenvalue weighted by molar-refractivity contribution is 5.40. The first-order valence-corrected chi connectivity index (χ1v) is 11.1. The van der Waals surface area contributed by atoms with Crippen molar-refractivity contribution in [3.63, 3.8) is 0 Å². The monoisotopic (exact) mass is 355 g/mol. The van der Waals surface area contributed by atoms with Gasteiger partial charge in [0.1, 0.15) is 12.4 Å². The highest BCUT2D eigenvalue weighted by Gasteiger charge is 2.50. The zero-order chi connectivity index (χ0) is 18.1. The van der Waals surface area contributed by atoms with Gasteiger partial charge < -0.3 is 9.64 Å². The lowest BCUT2D eigenvalue weighted by molar-refractivity contribution is 0.0598. The van der Waals surface area contributed by atoms with E-state index in [1.54, 1.807) is 11.1 Å². The molecule has 0 saturated heterocycles. The van der Waals surface area contributed by atoms with Crippen LogP contribution in [0.4, 0.5) is 0 Å². The normalized spacial score (nSPS) is 32.8. The molecule has 0 amide bonds. The van der Waals surface area contributed by atoms with E-state index in [4.69, 9.17) is 4.74 Å². The van der Waals surface area contributed by atoms with Crippen LogP contribution in [0.5, 0.6) is 5.75 Å². The van der Waals surface area contributed by atoms with E-state index in [1.165, 1.54) is 44.9 Å². The second kappa shape index (κ2) is 7.54. The summed E-state index contributed by atoms with van der Waals surface area (Å²) in [5, 5.41) is 0. The van der Waals surface area contributed by atoms with Gasteiger partial charge in [-0.2, -0.15) is 0 Å². The van der Waals surface area contributed by atoms with Gasteiger partial charge in [-0.25, -0.2) is 0 Å². The maximum absolute atomic E-state index is 6.09. The number of hydrogen-bond acceptors (Lipinski definition) is 2. The van der Waals surface area contributed by atoms with Crippen LogP contribution in [0.3, 0.4) is 0 Å². The number of aryl methyl sites for hydroxylation is 1. The standard InChI is InChI=1S/C24H37NO/c1-4-25(5-2)15-16-26-19-9-11-20-18(17-19)8-10-22-21(20)12-14-24(3)13-6-7-23(22)24/h9,11,17,21-23H,4-8,10,12-16H2,1-3H3/t21-,22-,23+,24+/m0/s1. The zero-order valence-electron chi connectivity index (χ0n) is 17.1. The number of likely N-dealkylation sites (N-methyl/N-ethyl adjacent to an activating group) is 1. The van der Waals surface area contributed by atoms with Crippen molar-refractivity contribution in [2.75, 3.05) is 26.2 Å². The van der Waals surface area contributed by atoms with Crippen LogP contribution >= 0.6 is 0 Å². The molecule has 2 nitrogen and oxygen atoms in total. The quantitative estimate of drug-likeness (QED) is 0.653. The van der Waals surface area contributed by atoms with Gasteiger partial charge >= 0.3 is 0 Å². The van der Waals surface area contributed by atoms with Crippen molar-refractivity contribution in [3.05, 3.63) is 29.3 Å². The zero-order valence-corrected chi connectivity index (χ0v) is 17.1. The number of benzene rings is 1. The molecule has 3 aliphatic carbocycles. The van der Waals surface area contributed by atoms with Crippen molar-refractivity contribution in [2.24, 2.45) is 17.3 Å². The largest absolute Gasteiger partial charge is 0.492 e. The Balaban J connectivity index is 1.44. The average molecular weight is 356 g/mol. The molecule has 4 rings (SSSR count). The lowest BCUT2D eigenvalue weighted by atomic mass is 9.56. The lowest BCUT2D eigenvalue weighted by Crippen LogP contribution is -2.39. The first kappa shape index (κ1) is 18.3. The molecule has 0 radical (unpaired) electrons. The van der Waals surface area contributed by atoms with Gasteiger partial charge in [0.05, 0.1) is 0 Å². The number of ether oxygens (including phenoxy) is 1. The Morgan fingerprint density at radius 2 is 1.96 bits per heavy atom. The van der Waals surface area contributed by atoms with Gasteiger partial charge in [0.15, 0.2) is 0 Å². The van der Waals surface area contributed by atoms with Crippen LogP contribution < -0.4 is 4.74 Å². The van der Waals surface area contributed by atoms with E-state index >= 15 is 0 Å². The Morgan fingerprint density at radius 1 is 1.12 bits per heavy atom. The first-order chi connectivity index (χ1) is 12.6. The van der Waals surface area contributed by atoms with Gasteiger partial charge in [-0.15, -0.1) is 0 Å². The molecule has 3 aliphatic rings. The summed E-state index contributed by atoms with van der Waals surface area (Å²) in [7, 11) is 0. The molecule has 0 aromatic heterocycles. The van der Waals surface area contributed by atoms with Crippen LogP contribution in [-0.2, 0) is 6.42 Å². The van der Waals surface area contributed by atoms with Gasteiger partial charge in [0.25, 0.3) is 0 Å². The van der Waals surface area contributed by atoms with Gasteiger partial charge in [0, 0.05) is 6.54 Å². The fourth-order valence-electron chi connectivity index (χ4n) is 6.47. The third-order valence-electron chi connectivity index (χ3n) is 8.05. The summed E-state index contributed by atoms with van der Waals surface area (Å²) < 4.78 is 6.09. The predicted molar refractivity (Wildman–Crippen MR) is 109 cm³/mol. The van der Waals surface area contributed by atoms with Crippen molar-refractivity contribution in [3.8, 4) is 5.75 Å². The van der Waals surface area contributed by atoms with Crippen LogP contribution in [0, 0.1) is 17.3 Å². The Kier molecular flexibility index (Phi) is 5.32.